The van der Waals surface area contributed by atoms with Crippen LogP contribution in [0.15, 0.2) is 23.3 Å². The lowest BCUT2D eigenvalue weighted by molar-refractivity contribution is 0.0389. The molecule has 164 valence electrons. The molecule has 2 aliphatic heterocycles. The molecule has 3 rings (SSSR count). The van der Waals surface area contributed by atoms with E-state index in [1.807, 2.05) is 6.20 Å². The van der Waals surface area contributed by atoms with E-state index in [-0.39, 0.29) is 24.0 Å². The van der Waals surface area contributed by atoms with Gasteiger partial charge in [0, 0.05) is 52.0 Å². The second kappa shape index (κ2) is 14.0. The molecular formula is C21H37IN6O. The van der Waals surface area contributed by atoms with Gasteiger partial charge in [-0.2, -0.15) is 0 Å². The summed E-state index contributed by atoms with van der Waals surface area (Å²) in [5, 5.41) is 6.80. The van der Waals surface area contributed by atoms with Crippen molar-refractivity contribution in [1.29, 1.82) is 0 Å². The molecule has 0 unspecified atom stereocenters. The standard InChI is InChI=1S/C21H36N6O.HI/c1-2-22-21(24-9-12-26-13-15-28-16-14-26)25-18-19-7-8-23-20(17-19)27-10-5-3-4-6-11-27;/h7-8,17H,2-6,9-16,18H2,1H3,(H2,22,24,25);1H. The van der Waals surface area contributed by atoms with Crippen molar-refractivity contribution in [3.8, 4) is 0 Å². The maximum absolute atomic E-state index is 5.41. The summed E-state index contributed by atoms with van der Waals surface area (Å²) < 4.78 is 5.41. The van der Waals surface area contributed by atoms with Gasteiger partial charge in [0.15, 0.2) is 5.96 Å². The van der Waals surface area contributed by atoms with E-state index in [1.165, 1.54) is 31.2 Å². The quantitative estimate of drug-likeness (QED) is 0.330. The SMILES string of the molecule is CCNC(=NCc1ccnc(N2CCCCCC2)c1)NCCN1CCOCC1.I. The molecule has 2 saturated heterocycles. The van der Waals surface area contributed by atoms with Gasteiger partial charge in [-0.15, -0.1) is 24.0 Å². The van der Waals surface area contributed by atoms with Gasteiger partial charge in [-0.1, -0.05) is 12.8 Å². The topological polar surface area (TPSA) is 65.0 Å². The summed E-state index contributed by atoms with van der Waals surface area (Å²) in [7, 11) is 0. The molecule has 3 heterocycles. The lowest BCUT2D eigenvalue weighted by Crippen LogP contribution is -2.44. The van der Waals surface area contributed by atoms with E-state index in [9.17, 15) is 0 Å². The zero-order valence-electron chi connectivity index (χ0n) is 17.7. The summed E-state index contributed by atoms with van der Waals surface area (Å²) in [5.74, 6) is 1.98. The molecule has 2 aliphatic rings. The van der Waals surface area contributed by atoms with Gasteiger partial charge in [0.1, 0.15) is 5.82 Å². The fourth-order valence-corrected chi connectivity index (χ4v) is 3.70. The molecule has 1 aromatic rings. The summed E-state index contributed by atoms with van der Waals surface area (Å²) in [4.78, 5) is 14.2. The smallest absolute Gasteiger partial charge is 0.191 e. The minimum atomic E-state index is 0. The third kappa shape index (κ3) is 8.64. The number of guanidine groups is 1. The predicted molar refractivity (Wildman–Crippen MR) is 130 cm³/mol. The van der Waals surface area contributed by atoms with Gasteiger partial charge in [0.2, 0.25) is 0 Å². The van der Waals surface area contributed by atoms with E-state index in [0.717, 1.165) is 70.8 Å². The van der Waals surface area contributed by atoms with E-state index in [0.29, 0.717) is 6.54 Å². The normalized spacial score (nSPS) is 18.7. The van der Waals surface area contributed by atoms with Gasteiger partial charge >= 0.3 is 0 Å². The van der Waals surface area contributed by atoms with Crippen LogP contribution in [0, 0.1) is 0 Å². The number of aromatic nitrogens is 1. The van der Waals surface area contributed by atoms with Gasteiger partial charge in [-0.25, -0.2) is 9.98 Å². The first-order valence-corrected chi connectivity index (χ1v) is 10.9. The third-order valence-corrected chi connectivity index (χ3v) is 5.33. The first-order chi connectivity index (χ1) is 13.8. The number of aliphatic imine (C=N–C) groups is 1. The lowest BCUT2D eigenvalue weighted by Gasteiger charge is -2.26. The van der Waals surface area contributed by atoms with Gasteiger partial charge in [-0.3, -0.25) is 4.90 Å². The summed E-state index contributed by atoms with van der Waals surface area (Å²) >= 11 is 0. The summed E-state index contributed by atoms with van der Waals surface area (Å²) in [6.45, 7) is 11.5. The van der Waals surface area contributed by atoms with Crippen molar-refractivity contribution >= 4 is 35.8 Å². The minimum Gasteiger partial charge on any atom is -0.379 e. The summed E-state index contributed by atoms with van der Waals surface area (Å²) in [5.41, 5.74) is 1.21. The maximum Gasteiger partial charge on any atom is 0.191 e. The molecule has 0 bridgehead atoms. The van der Waals surface area contributed by atoms with Crippen molar-refractivity contribution < 1.29 is 4.74 Å². The number of hydrogen-bond acceptors (Lipinski definition) is 5. The van der Waals surface area contributed by atoms with Crippen LogP contribution in [-0.2, 0) is 11.3 Å². The number of hydrogen-bond donors (Lipinski definition) is 2. The van der Waals surface area contributed by atoms with Gasteiger partial charge in [0.05, 0.1) is 19.8 Å². The molecule has 0 saturated carbocycles. The molecule has 0 atom stereocenters. The monoisotopic (exact) mass is 516 g/mol. The highest BCUT2D eigenvalue weighted by Crippen LogP contribution is 2.18. The van der Waals surface area contributed by atoms with Crippen molar-refractivity contribution in [2.45, 2.75) is 39.2 Å². The van der Waals surface area contributed by atoms with E-state index in [2.05, 4.69) is 44.5 Å². The van der Waals surface area contributed by atoms with Crippen LogP contribution in [0.1, 0.15) is 38.2 Å². The molecule has 0 aliphatic carbocycles. The number of nitrogens with one attached hydrogen (secondary N) is 2. The van der Waals surface area contributed by atoms with Crippen molar-refractivity contribution in [1.82, 2.24) is 20.5 Å². The number of halogens is 1. The highest BCUT2D eigenvalue weighted by atomic mass is 127. The fraction of sp³-hybridized carbons (Fsp3) is 0.714. The average Bonchev–Trinajstić information content (AvgIpc) is 3.03. The summed E-state index contributed by atoms with van der Waals surface area (Å²) in [6, 6.07) is 4.27. The van der Waals surface area contributed by atoms with Crippen LogP contribution < -0.4 is 15.5 Å². The van der Waals surface area contributed by atoms with E-state index in [4.69, 9.17) is 9.73 Å². The molecule has 0 aromatic carbocycles. The van der Waals surface area contributed by atoms with Crippen molar-refractivity contribution in [3.05, 3.63) is 23.9 Å². The van der Waals surface area contributed by atoms with Crippen LogP contribution in [0.3, 0.4) is 0 Å². The number of nitrogens with zero attached hydrogens (tertiary/aromatic N) is 4. The molecule has 29 heavy (non-hydrogen) atoms. The van der Waals surface area contributed by atoms with Crippen LogP contribution in [0.2, 0.25) is 0 Å². The Hall–Kier alpha value is -1.13. The molecule has 7 nitrogen and oxygen atoms in total. The van der Waals surface area contributed by atoms with Gasteiger partial charge < -0.3 is 20.3 Å². The van der Waals surface area contributed by atoms with E-state index in [1.54, 1.807) is 0 Å². The van der Waals surface area contributed by atoms with Crippen LogP contribution in [-0.4, -0.2) is 74.9 Å². The zero-order chi connectivity index (χ0) is 19.4. The maximum atomic E-state index is 5.41. The number of morpholine rings is 1. The highest BCUT2D eigenvalue weighted by Gasteiger charge is 2.12. The molecular weight excluding hydrogens is 479 g/mol. The Labute approximate surface area is 192 Å². The highest BCUT2D eigenvalue weighted by molar-refractivity contribution is 14.0. The average molecular weight is 516 g/mol. The first-order valence-electron chi connectivity index (χ1n) is 10.9. The molecule has 2 fully saturated rings. The Morgan fingerprint density at radius 1 is 1.10 bits per heavy atom. The second-order valence-electron chi connectivity index (χ2n) is 7.50. The van der Waals surface area contributed by atoms with Crippen LogP contribution in [0.4, 0.5) is 5.82 Å². The third-order valence-electron chi connectivity index (χ3n) is 5.33. The van der Waals surface area contributed by atoms with E-state index < -0.39 is 0 Å². The fourth-order valence-electron chi connectivity index (χ4n) is 3.70. The van der Waals surface area contributed by atoms with Crippen molar-refractivity contribution in [2.75, 3.05) is 63.9 Å². The second-order valence-corrected chi connectivity index (χ2v) is 7.50. The first kappa shape index (κ1) is 24.1. The number of pyridine rings is 1. The molecule has 0 amide bonds. The van der Waals surface area contributed by atoms with Crippen LogP contribution >= 0.6 is 24.0 Å². The Bertz CT molecular complexity index is 601. The Morgan fingerprint density at radius 3 is 2.59 bits per heavy atom. The molecule has 1 aromatic heterocycles. The Balaban J connectivity index is 0.00000300. The Morgan fingerprint density at radius 2 is 1.86 bits per heavy atom. The zero-order valence-corrected chi connectivity index (χ0v) is 20.1. The van der Waals surface area contributed by atoms with E-state index >= 15 is 0 Å². The van der Waals surface area contributed by atoms with Gasteiger partial charge in [-0.05, 0) is 37.5 Å². The van der Waals surface area contributed by atoms with Crippen LogP contribution in [0.25, 0.3) is 0 Å². The predicted octanol–water partition coefficient (Wildman–Crippen LogP) is 2.47. The van der Waals surface area contributed by atoms with Crippen molar-refractivity contribution in [2.24, 2.45) is 4.99 Å². The van der Waals surface area contributed by atoms with Crippen LogP contribution in [0.5, 0.6) is 0 Å². The molecule has 8 heteroatoms. The Kier molecular flexibility index (Phi) is 11.6. The summed E-state index contributed by atoms with van der Waals surface area (Å²) in [6.07, 6.45) is 7.12. The molecule has 2 N–H and O–H groups in total. The van der Waals surface area contributed by atoms with Gasteiger partial charge in [0.25, 0.3) is 0 Å². The van der Waals surface area contributed by atoms with Crippen molar-refractivity contribution in [3.63, 3.8) is 0 Å². The largest absolute Gasteiger partial charge is 0.379 e. The minimum absolute atomic E-state index is 0. The molecule has 0 radical (unpaired) electrons. The number of anilines is 1. The molecule has 0 spiro atoms. The lowest BCUT2D eigenvalue weighted by atomic mass is 10.2. The number of rotatable bonds is 7. The number of ether oxygens (including phenoxy) is 1.